The van der Waals surface area contributed by atoms with Crippen molar-refractivity contribution in [2.24, 2.45) is 0 Å². The molecule has 3 nitrogen and oxygen atoms in total. The number of carbonyl (C=O) groups is 1. The zero-order valence-corrected chi connectivity index (χ0v) is 12.0. The van der Waals surface area contributed by atoms with Crippen molar-refractivity contribution in [2.75, 3.05) is 18.1 Å². The summed E-state index contributed by atoms with van der Waals surface area (Å²) in [5, 5.41) is 6.23. The molecule has 1 unspecified atom stereocenters. The molecule has 0 bridgehead atoms. The molecule has 0 saturated heterocycles. The lowest BCUT2D eigenvalue weighted by atomic mass is 10.0. The van der Waals surface area contributed by atoms with Crippen LogP contribution < -0.4 is 10.6 Å². The molecule has 0 rings (SSSR count). The fourth-order valence-electron chi connectivity index (χ4n) is 1.40. The summed E-state index contributed by atoms with van der Waals surface area (Å²) in [6, 6.07) is 0.254. The smallest absolute Gasteiger partial charge is 0.239 e. The van der Waals surface area contributed by atoms with Crippen LogP contribution in [0.4, 0.5) is 0 Å². The average Bonchev–Trinajstić information content (AvgIpc) is 2.17. The topological polar surface area (TPSA) is 41.1 Å². The van der Waals surface area contributed by atoms with Gasteiger partial charge in [0.2, 0.25) is 5.91 Å². The van der Waals surface area contributed by atoms with E-state index in [0.717, 1.165) is 24.5 Å². The molecule has 4 heteroatoms. The highest BCUT2D eigenvalue weighted by Gasteiger charge is 2.26. The van der Waals surface area contributed by atoms with Crippen LogP contribution in [0.5, 0.6) is 0 Å². The van der Waals surface area contributed by atoms with Crippen molar-refractivity contribution in [3.05, 3.63) is 0 Å². The van der Waals surface area contributed by atoms with Crippen molar-refractivity contribution in [3.63, 3.8) is 0 Å². The maximum atomic E-state index is 11.9. The summed E-state index contributed by atoms with van der Waals surface area (Å²) >= 11 is 1.91. The summed E-state index contributed by atoms with van der Waals surface area (Å²) < 4.78 is 0. The second kappa shape index (κ2) is 7.96. The molecule has 0 aliphatic rings. The first kappa shape index (κ1) is 15.8. The van der Waals surface area contributed by atoms with Crippen molar-refractivity contribution < 1.29 is 4.79 Å². The molecule has 96 valence electrons. The van der Waals surface area contributed by atoms with Crippen molar-refractivity contribution in [3.8, 4) is 0 Å². The first-order chi connectivity index (χ1) is 7.44. The van der Waals surface area contributed by atoms with Crippen LogP contribution in [-0.2, 0) is 4.79 Å². The number of carbonyl (C=O) groups excluding carboxylic acids is 1. The minimum absolute atomic E-state index is 0.0864. The molecule has 0 aromatic carbocycles. The standard InChI is InChI=1S/C12H26N2OS/c1-6-13-12(4,5)11(15)14-10(3)8-9-16-7-2/h10,13H,6-9H2,1-5H3,(H,14,15). The Kier molecular flexibility index (Phi) is 7.85. The van der Waals surface area contributed by atoms with Crippen molar-refractivity contribution in [2.45, 2.75) is 52.6 Å². The Bertz CT molecular complexity index is 207. The van der Waals surface area contributed by atoms with Crippen molar-refractivity contribution >= 4 is 17.7 Å². The van der Waals surface area contributed by atoms with Gasteiger partial charge in [0.15, 0.2) is 0 Å². The van der Waals surface area contributed by atoms with Gasteiger partial charge in [0.25, 0.3) is 0 Å². The van der Waals surface area contributed by atoms with Crippen LogP contribution in [0.3, 0.4) is 0 Å². The molecule has 0 fully saturated rings. The SMILES string of the molecule is CCNC(C)(C)C(=O)NC(C)CCSCC. The number of thioether (sulfide) groups is 1. The van der Waals surface area contributed by atoms with Crippen LogP contribution in [0.2, 0.25) is 0 Å². The van der Waals surface area contributed by atoms with E-state index in [0.29, 0.717) is 0 Å². The molecule has 0 radical (unpaired) electrons. The van der Waals surface area contributed by atoms with Gasteiger partial charge < -0.3 is 10.6 Å². The number of rotatable bonds is 8. The minimum Gasteiger partial charge on any atom is -0.352 e. The molecule has 0 aliphatic carbocycles. The maximum absolute atomic E-state index is 11.9. The molecule has 0 aliphatic heterocycles. The normalized spacial score (nSPS) is 13.6. The third-order valence-corrected chi connectivity index (χ3v) is 3.40. The van der Waals surface area contributed by atoms with E-state index in [9.17, 15) is 4.79 Å². The van der Waals surface area contributed by atoms with Gasteiger partial charge in [-0.05, 0) is 45.2 Å². The minimum atomic E-state index is -0.471. The second-order valence-electron chi connectivity index (χ2n) is 4.52. The van der Waals surface area contributed by atoms with Gasteiger partial charge >= 0.3 is 0 Å². The van der Waals surface area contributed by atoms with Gasteiger partial charge in [-0.2, -0.15) is 11.8 Å². The summed E-state index contributed by atoms with van der Waals surface area (Å²) in [4.78, 5) is 11.9. The molecule has 0 saturated carbocycles. The van der Waals surface area contributed by atoms with Crippen LogP contribution in [0.25, 0.3) is 0 Å². The van der Waals surface area contributed by atoms with E-state index in [4.69, 9.17) is 0 Å². The third kappa shape index (κ3) is 6.38. The van der Waals surface area contributed by atoms with E-state index in [-0.39, 0.29) is 11.9 Å². The Morgan fingerprint density at radius 3 is 2.50 bits per heavy atom. The fraction of sp³-hybridized carbons (Fsp3) is 0.917. The first-order valence-electron chi connectivity index (χ1n) is 6.07. The van der Waals surface area contributed by atoms with Gasteiger partial charge in [-0.3, -0.25) is 4.79 Å². The van der Waals surface area contributed by atoms with Gasteiger partial charge in [0, 0.05) is 6.04 Å². The van der Waals surface area contributed by atoms with E-state index < -0.39 is 5.54 Å². The fourth-order valence-corrected chi connectivity index (χ4v) is 2.21. The Balaban J connectivity index is 3.93. The highest BCUT2D eigenvalue weighted by molar-refractivity contribution is 7.99. The molecule has 1 atom stereocenters. The Morgan fingerprint density at radius 2 is 2.00 bits per heavy atom. The Hall–Kier alpha value is -0.220. The lowest BCUT2D eigenvalue weighted by molar-refractivity contribution is -0.127. The lowest BCUT2D eigenvalue weighted by Crippen LogP contribution is -2.54. The zero-order chi connectivity index (χ0) is 12.6. The van der Waals surface area contributed by atoms with Crippen LogP contribution >= 0.6 is 11.8 Å². The van der Waals surface area contributed by atoms with Crippen LogP contribution in [0.1, 0.15) is 41.0 Å². The largest absolute Gasteiger partial charge is 0.352 e. The van der Waals surface area contributed by atoms with E-state index in [2.05, 4.69) is 24.5 Å². The van der Waals surface area contributed by atoms with Gasteiger partial charge in [-0.25, -0.2) is 0 Å². The van der Waals surface area contributed by atoms with Gasteiger partial charge in [0.1, 0.15) is 0 Å². The molecule has 0 heterocycles. The van der Waals surface area contributed by atoms with Crippen molar-refractivity contribution in [1.29, 1.82) is 0 Å². The summed E-state index contributed by atoms with van der Waals surface area (Å²) in [6.07, 6.45) is 1.03. The lowest BCUT2D eigenvalue weighted by Gasteiger charge is -2.26. The third-order valence-electron chi connectivity index (χ3n) is 2.46. The van der Waals surface area contributed by atoms with Gasteiger partial charge in [-0.1, -0.05) is 13.8 Å². The Morgan fingerprint density at radius 1 is 1.38 bits per heavy atom. The van der Waals surface area contributed by atoms with Crippen molar-refractivity contribution in [1.82, 2.24) is 10.6 Å². The molecule has 0 aromatic heterocycles. The van der Waals surface area contributed by atoms with E-state index in [1.54, 1.807) is 0 Å². The predicted octanol–water partition coefficient (Wildman–Crippen LogP) is 2.02. The Labute approximate surface area is 104 Å². The summed E-state index contributed by atoms with van der Waals surface area (Å²) in [7, 11) is 0. The molecule has 2 N–H and O–H groups in total. The molecular formula is C12H26N2OS. The first-order valence-corrected chi connectivity index (χ1v) is 7.23. The van der Waals surface area contributed by atoms with Gasteiger partial charge in [0.05, 0.1) is 5.54 Å². The van der Waals surface area contributed by atoms with E-state index in [1.807, 2.05) is 32.5 Å². The molecular weight excluding hydrogens is 220 g/mol. The second-order valence-corrected chi connectivity index (χ2v) is 5.91. The monoisotopic (exact) mass is 246 g/mol. The summed E-state index contributed by atoms with van der Waals surface area (Å²) in [6.45, 7) is 10.9. The van der Waals surface area contributed by atoms with E-state index in [1.165, 1.54) is 0 Å². The van der Waals surface area contributed by atoms with Crippen LogP contribution in [-0.4, -0.2) is 35.5 Å². The highest BCUT2D eigenvalue weighted by Crippen LogP contribution is 2.06. The number of hydrogen-bond acceptors (Lipinski definition) is 3. The quantitative estimate of drug-likeness (QED) is 0.644. The van der Waals surface area contributed by atoms with Crippen LogP contribution in [0, 0.1) is 0 Å². The number of nitrogens with one attached hydrogen (secondary N) is 2. The predicted molar refractivity (Wildman–Crippen MR) is 73.0 cm³/mol. The maximum Gasteiger partial charge on any atom is 0.239 e. The highest BCUT2D eigenvalue weighted by atomic mass is 32.2. The summed E-state index contributed by atoms with van der Waals surface area (Å²) in [5.41, 5.74) is -0.471. The number of hydrogen-bond donors (Lipinski definition) is 2. The molecule has 0 spiro atoms. The summed E-state index contributed by atoms with van der Waals surface area (Å²) in [5.74, 6) is 2.34. The number of likely N-dealkylation sites (N-methyl/N-ethyl adjacent to an activating group) is 1. The molecule has 16 heavy (non-hydrogen) atoms. The van der Waals surface area contributed by atoms with Gasteiger partial charge in [-0.15, -0.1) is 0 Å². The molecule has 1 amide bonds. The zero-order valence-electron chi connectivity index (χ0n) is 11.2. The molecule has 0 aromatic rings. The average molecular weight is 246 g/mol. The van der Waals surface area contributed by atoms with E-state index >= 15 is 0 Å². The number of amides is 1. The van der Waals surface area contributed by atoms with Crippen LogP contribution in [0.15, 0.2) is 0 Å².